The lowest BCUT2D eigenvalue weighted by Crippen LogP contribution is -1.82. The average molecular weight is 198 g/mol. The van der Waals surface area contributed by atoms with Gasteiger partial charge < -0.3 is 0 Å². The fraction of sp³-hybridized carbons (Fsp3) is 0.750. The average Bonchev–Trinajstić information content (AvgIpc) is 2.45. The largest absolute Gasteiger partial charge is 0.379 e. The Balaban J connectivity index is 0.000000217. The minimum absolute atomic E-state index is 0. The molecule has 12 heavy (non-hydrogen) atoms. The molecule has 2 bridgehead atoms. The molecule has 0 aromatic heterocycles. The smallest absolute Gasteiger partial charge is 0.197 e. The van der Waals surface area contributed by atoms with E-state index >= 15 is 0 Å². The third-order valence-corrected chi connectivity index (χ3v) is 2.17. The third kappa shape index (κ3) is 4.04. The molecule has 72 valence electrons. The predicted octanol–water partition coefficient (Wildman–Crippen LogP) is 3.26. The van der Waals surface area contributed by atoms with Crippen LogP contribution >= 0.6 is 13.5 Å². The minimum Gasteiger partial charge on any atom is -0.197 e. The van der Waals surface area contributed by atoms with Gasteiger partial charge in [0.25, 0.3) is 0 Å². The summed E-state index contributed by atoms with van der Waals surface area (Å²) in [4.78, 5) is 0. The van der Waals surface area contributed by atoms with Crippen molar-refractivity contribution in [2.24, 2.45) is 11.8 Å². The van der Waals surface area contributed by atoms with Crippen molar-refractivity contribution in [3.8, 4) is 0 Å². The van der Waals surface area contributed by atoms with Crippen molar-refractivity contribution in [2.75, 3.05) is 0 Å². The Morgan fingerprint density at radius 3 is 1.42 bits per heavy atom. The molecule has 0 nitrogen and oxygen atoms in total. The molecular formula is C8H13F3S. The molecule has 4 heteroatoms. The van der Waals surface area contributed by atoms with E-state index in [1.165, 1.54) is 19.3 Å². The van der Waals surface area contributed by atoms with Crippen LogP contribution < -0.4 is 0 Å². The Hall–Kier alpha value is -0.120. The molecule has 0 saturated heterocycles. The van der Waals surface area contributed by atoms with Crippen molar-refractivity contribution in [1.82, 2.24) is 0 Å². The highest BCUT2D eigenvalue weighted by molar-refractivity contribution is 7.59. The molecule has 0 spiro atoms. The maximum absolute atomic E-state index is 9.67. The van der Waals surface area contributed by atoms with E-state index in [9.17, 15) is 13.2 Å². The maximum Gasteiger partial charge on any atom is 0.379 e. The first-order chi connectivity index (χ1) is 5.18. The SMILES string of the molecule is C1=CC2CCC1C2.FC(F)F.S. The van der Waals surface area contributed by atoms with Gasteiger partial charge in [0.05, 0.1) is 0 Å². The van der Waals surface area contributed by atoms with Crippen LogP contribution in [0, 0.1) is 11.8 Å². The normalized spacial score (nSPS) is 29.7. The van der Waals surface area contributed by atoms with Crippen LogP contribution in [0.4, 0.5) is 13.2 Å². The van der Waals surface area contributed by atoms with E-state index in [4.69, 9.17) is 0 Å². The second-order valence-electron chi connectivity index (χ2n) is 2.97. The Kier molecular flexibility index (Phi) is 5.46. The van der Waals surface area contributed by atoms with E-state index in [0.29, 0.717) is 0 Å². The van der Waals surface area contributed by atoms with Gasteiger partial charge in [-0.05, 0) is 31.1 Å². The van der Waals surface area contributed by atoms with Crippen molar-refractivity contribution in [1.29, 1.82) is 0 Å². The summed E-state index contributed by atoms with van der Waals surface area (Å²) in [7, 11) is 0. The first kappa shape index (κ1) is 11.9. The Labute approximate surface area is 77.3 Å². The maximum atomic E-state index is 9.67. The van der Waals surface area contributed by atoms with Gasteiger partial charge in [-0.25, -0.2) is 0 Å². The van der Waals surface area contributed by atoms with Gasteiger partial charge in [0.2, 0.25) is 0 Å². The Bertz CT molecular complexity index is 132. The van der Waals surface area contributed by atoms with Gasteiger partial charge >= 0.3 is 6.68 Å². The molecule has 0 aliphatic heterocycles. The van der Waals surface area contributed by atoms with Crippen LogP contribution in [-0.2, 0) is 0 Å². The fourth-order valence-corrected chi connectivity index (χ4v) is 1.72. The monoisotopic (exact) mass is 198 g/mol. The molecule has 0 amide bonds. The van der Waals surface area contributed by atoms with Gasteiger partial charge in [0.15, 0.2) is 0 Å². The lowest BCUT2D eigenvalue weighted by molar-refractivity contribution is 0.00819. The zero-order valence-corrected chi connectivity index (χ0v) is 7.64. The van der Waals surface area contributed by atoms with Gasteiger partial charge in [-0.1, -0.05) is 12.2 Å². The number of rotatable bonds is 0. The molecule has 0 heterocycles. The number of hydrogen-bond acceptors (Lipinski definition) is 0. The summed E-state index contributed by atoms with van der Waals surface area (Å²) in [6, 6.07) is 0. The highest BCUT2D eigenvalue weighted by Gasteiger charge is 2.25. The quantitative estimate of drug-likeness (QED) is 0.524. The van der Waals surface area contributed by atoms with E-state index < -0.39 is 6.68 Å². The summed E-state index contributed by atoms with van der Waals surface area (Å²) in [6.45, 7) is -3.67. The second kappa shape index (κ2) is 5.51. The van der Waals surface area contributed by atoms with Crippen molar-refractivity contribution in [3.63, 3.8) is 0 Å². The summed E-state index contributed by atoms with van der Waals surface area (Å²) in [5.74, 6) is 1.98. The Morgan fingerprint density at radius 1 is 1.00 bits per heavy atom. The van der Waals surface area contributed by atoms with Gasteiger partial charge in [0.1, 0.15) is 0 Å². The highest BCUT2D eigenvalue weighted by atomic mass is 32.1. The van der Waals surface area contributed by atoms with Crippen LogP contribution in [0.25, 0.3) is 0 Å². The highest BCUT2D eigenvalue weighted by Crippen LogP contribution is 2.38. The first-order valence-corrected chi connectivity index (χ1v) is 3.79. The standard InChI is InChI=1S/C7H10.CHF3.H2S/c1-2-7-4-3-6(1)5-7;2-1(3)4;/h1-2,6-7H,3-5H2;1H;1H2. The summed E-state index contributed by atoms with van der Waals surface area (Å²) < 4.78 is 29.0. The second-order valence-corrected chi connectivity index (χ2v) is 2.97. The van der Waals surface area contributed by atoms with Crippen LogP contribution in [-0.4, -0.2) is 6.68 Å². The van der Waals surface area contributed by atoms with Crippen molar-refractivity contribution in [3.05, 3.63) is 12.2 Å². The van der Waals surface area contributed by atoms with Crippen molar-refractivity contribution >= 4 is 13.5 Å². The molecule has 0 radical (unpaired) electrons. The first-order valence-electron chi connectivity index (χ1n) is 3.79. The van der Waals surface area contributed by atoms with Gasteiger partial charge in [-0.2, -0.15) is 26.7 Å². The number of fused-ring (bicyclic) bond motifs is 2. The van der Waals surface area contributed by atoms with Crippen molar-refractivity contribution < 1.29 is 13.2 Å². The molecule has 2 unspecified atom stereocenters. The Morgan fingerprint density at radius 2 is 1.33 bits per heavy atom. The molecule has 2 atom stereocenters. The van der Waals surface area contributed by atoms with Crippen LogP contribution in [0.5, 0.6) is 0 Å². The summed E-state index contributed by atoms with van der Waals surface area (Å²) in [6.07, 6.45) is 9.19. The van der Waals surface area contributed by atoms with Gasteiger partial charge in [-0.15, -0.1) is 0 Å². The zero-order chi connectivity index (χ0) is 8.27. The van der Waals surface area contributed by atoms with Gasteiger partial charge in [0, 0.05) is 0 Å². The van der Waals surface area contributed by atoms with E-state index in [1.807, 2.05) is 0 Å². The molecule has 2 aliphatic rings. The number of allylic oxidation sites excluding steroid dienone is 2. The molecule has 2 aliphatic carbocycles. The molecular weight excluding hydrogens is 185 g/mol. The minimum atomic E-state index is -3.67. The molecule has 0 aromatic rings. The summed E-state index contributed by atoms with van der Waals surface area (Å²) in [5, 5.41) is 0. The van der Waals surface area contributed by atoms with E-state index in [-0.39, 0.29) is 13.5 Å². The topological polar surface area (TPSA) is 0 Å². The van der Waals surface area contributed by atoms with Crippen LogP contribution in [0.3, 0.4) is 0 Å². The summed E-state index contributed by atoms with van der Waals surface area (Å²) >= 11 is 0. The lowest BCUT2D eigenvalue weighted by atomic mass is 10.1. The van der Waals surface area contributed by atoms with Crippen LogP contribution in [0.1, 0.15) is 19.3 Å². The number of hydrogen-bond donors (Lipinski definition) is 0. The fourth-order valence-electron chi connectivity index (χ4n) is 1.72. The molecule has 0 N–H and O–H groups in total. The number of alkyl halides is 3. The molecule has 0 aromatic carbocycles. The number of halogens is 3. The summed E-state index contributed by atoms with van der Waals surface area (Å²) in [5.41, 5.74) is 0. The van der Waals surface area contributed by atoms with Gasteiger partial charge in [-0.3, -0.25) is 0 Å². The van der Waals surface area contributed by atoms with Crippen LogP contribution in [0.15, 0.2) is 12.2 Å². The third-order valence-electron chi connectivity index (χ3n) is 2.17. The zero-order valence-electron chi connectivity index (χ0n) is 6.64. The van der Waals surface area contributed by atoms with E-state index in [1.54, 1.807) is 0 Å². The predicted molar refractivity (Wildman–Crippen MR) is 47.5 cm³/mol. The molecule has 1 fully saturated rings. The molecule has 2 rings (SSSR count). The van der Waals surface area contributed by atoms with E-state index in [2.05, 4.69) is 12.2 Å². The van der Waals surface area contributed by atoms with E-state index in [0.717, 1.165) is 11.8 Å². The van der Waals surface area contributed by atoms with Crippen molar-refractivity contribution in [2.45, 2.75) is 25.9 Å². The lowest BCUT2D eigenvalue weighted by Gasteiger charge is -1.96. The molecule has 1 saturated carbocycles. The van der Waals surface area contributed by atoms with Crippen LogP contribution in [0.2, 0.25) is 0 Å².